The minimum atomic E-state index is -1.05. The van der Waals surface area contributed by atoms with E-state index in [0.29, 0.717) is 5.88 Å². The summed E-state index contributed by atoms with van der Waals surface area (Å²) < 4.78 is 5.52. The Morgan fingerprint density at radius 2 is 2.38 bits per heavy atom. The summed E-state index contributed by atoms with van der Waals surface area (Å²) >= 11 is 5.88. The molecule has 0 aromatic heterocycles. The van der Waals surface area contributed by atoms with Crippen molar-refractivity contribution in [3.05, 3.63) is 24.4 Å². The number of nitrogens with one attached hydrogen (secondary N) is 1. The highest BCUT2D eigenvalue weighted by molar-refractivity contribution is 6.17. The van der Waals surface area contributed by atoms with Gasteiger partial charge in [0.05, 0.1) is 6.10 Å². The van der Waals surface area contributed by atoms with Crippen molar-refractivity contribution < 1.29 is 14.6 Å². The standard InChI is InChI=1S/C16H22ClNO3/c1-15-12(7-9-17)8-10-18-16(15,14(20)21-15)13(19)11-5-3-2-4-6-11/h3,5,8,10-13,18-19H,2,4,6-7,9H2,1H3/t11-,12+,13+,15+,16+/m1/s1. The van der Waals surface area contributed by atoms with Crippen LogP contribution in [0.4, 0.5) is 0 Å². The highest BCUT2D eigenvalue weighted by atomic mass is 35.5. The van der Waals surface area contributed by atoms with Crippen LogP contribution >= 0.6 is 11.6 Å². The predicted molar refractivity (Wildman–Crippen MR) is 80.8 cm³/mol. The molecule has 2 N–H and O–H groups in total. The fourth-order valence-electron chi connectivity index (χ4n) is 3.97. The highest BCUT2D eigenvalue weighted by Crippen LogP contribution is 2.51. The Labute approximate surface area is 130 Å². The number of hydrogen-bond donors (Lipinski definition) is 2. The summed E-state index contributed by atoms with van der Waals surface area (Å²) in [5.41, 5.74) is -1.79. The molecule has 1 fully saturated rings. The van der Waals surface area contributed by atoms with E-state index in [1.54, 1.807) is 6.20 Å². The third-order valence-corrected chi connectivity index (χ3v) is 5.54. The second-order valence-electron chi connectivity index (χ2n) is 6.36. The Kier molecular flexibility index (Phi) is 3.78. The van der Waals surface area contributed by atoms with Gasteiger partial charge in [-0.1, -0.05) is 18.2 Å². The number of esters is 1. The van der Waals surface area contributed by atoms with E-state index >= 15 is 0 Å². The van der Waals surface area contributed by atoms with Gasteiger partial charge in [-0.25, -0.2) is 4.79 Å². The molecule has 116 valence electrons. The smallest absolute Gasteiger partial charge is 0.339 e. The van der Waals surface area contributed by atoms with Crippen LogP contribution in [-0.2, 0) is 9.53 Å². The molecule has 0 amide bonds. The molecule has 0 spiro atoms. The van der Waals surface area contributed by atoms with Crippen LogP contribution in [0.3, 0.4) is 0 Å². The monoisotopic (exact) mass is 311 g/mol. The van der Waals surface area contributed by atoms with E-state index in [-0.39, 0.29) is 17.8 Å². The van der Waals surface area contributed by atoms with E-state index in [4.69, 9.17) is 16.3 Å². The molecule has 5 atom stereocenters. The third kappa shape index (κ3) is 1.95. The van der Waals surface area contributed by atoms with E-state index in [1.807, 2.05) is 19.1 Å². The second kappa shape index (κ2) is 5.33. The molecule has 0 aromatic carbocycles. The molecule has 5 heteroatoms. The predicted octanol–water partition coefficient (Wildman–Crippen LogP) is 2.12. The number of carbonyl (C=O) groups is 1. The van der Waals surface area contributed by atoms with Gasteiger partial charge in [0.1, 0.15) is 0 Å². The number of allylic oxidation sites excluding steroid dienone is 1. The number of fused-ring (bicyclic) bond motifs is 1. The van der Waals surface area contributed by atoms with Crippen LogP contribution in [-0.4, -0.2) is 34.2 Å². The molecule has 3 rings (SSSR count). The largest absolute Gasteiger partial charge is 0.454 e. The van der Waals surface area contributed by atoms with Crippen molar-refractivity contribution in [1.82, 2.24) is 5.32 Å². The lowest BCUT2D eigenvalue weighted by Gasteiger charge is -2.61. The molecule has 21 heavy (non-hydrogen) atoms. The zero-order chi connectivity index (χ0) is 15.1. The average molecular weight is 312 g/mol. The van der Waals surface area contributed by atoms with E-state index in [2.05, 4.69) is 11.4 Å². The molecule has 2 heterocycles. The molecule has 2 aliphatic heterocycles. The molecule has 0 radical (unpaired) electrons. The molecule has 0 unspecified atom stereocenters. The number of aliphatic hydroxyl groups excluding tert-OH is 1. The number of rotatable bonds is 4. The molecule has 0 saturated carbocycles. The number of ether oxygens (including phenoxy) is 1. The van der Waals surface area contributed by atoms with Crippen LogP contribution < -0.4 is 5.32 Å². The summed E-state index contributed by atoms with van der Waals surface area (Å²) in [5, 5.41) is 14.0. The first-order valence-electron chi connectivity index (χ1n) is 7.65. The maximum Gasteiger partial charge on any atom is 0.339 e. The maximum absolute atomic E-state index is 12.3. The van der Waals surface area contributed by atoms with E-state index < -0.39 is 17.2 Å². The first kappa shape index (κ1) is 14.9. The van der Waals surface area contributed by atoms with Gasteiger partial charge in [-0.15, -0.1) is 11.6 Å². The summed E-state index contributed by atoms with van der Waals surface area (Å²) in [4.78, 5) is 12.3. The Morgan fingerprint density at radius 3 is 3.00 bits per heavy atom. The van der Waals surface area contributed by atoms with Crippen molar-refractivity contribution >= 4 is 17.6 Å². The van der Waals surface area contributed by atoms with Crippen molar-refractivity contribution in [2.75, 3.05) is 5.88 Å². The molecule has 0 bridgehead atoms. The number of aliphatic hydroxyl groups is 1. The summed E-state index contributed by atoms with van der Waals surface area (Å²) in [7, 11) is 0. The van der Waals surface area contributed by atoms with Gasteiger partial charge in [0.25, 0.3) is 0 Å². The van der Waals surface area contributed by atoms with Crippen LogP contribution in [0.1, 0.15) is 32.6 Å². The van der Waals surface area contributed by atoms with Crippen molar-refractivity contribution in [3.8, 4) is 0 Å². The van der Waals surface area contributed by atoms with Gasteiger partial charge < -0.3 is 15.2 Å². The Hall–Kier alpha value is -1.00. The fraction of sp³-hybridized carbons (Fsp3) is 0.688. The van der Waals surface area contributed by atoms with Crippen LogP contribution in [0.15, 0.2) is 24.4 Å². The molecular formula is C16H22ClNO3. The lowest BCUT2D eigenvalue weighted by Crippen LogP contribution is -2.85. The van der Waals surface area contributed by atoms with Gasteiger partial charge in [0.2, 0.25) is 5.54 Å². The molecule has 0 aromatic rings. The number of carbonyl (C=O) groups excluding carboxylic acids is 1. The Balaban J connectivity index is 1.93. The molecular weight excluding hydrogens is 290 g/mol. The second-order valence-corrected chi connectivity index (χ2v) is 6.74. The summed E-state index contributed by atoms with van der Waals surface area (Å²) in [6.07, 6.45) is 10.8. The molecule has 1 aliphatic carbocycles. The van der Waals surface area contributed by atoms with E-state index in [0.717, 1.165) is 25.7 Å². The van der Waals surface area contributed by atoms with Gasteiger partial charge in [-0.2, -0.15) is 0 Å². The number of hydrogen-bond acceptors (Lipinski definition) is 4. The minimum absolute atomic E-state index is 0.0124. The first-order chi connectivity index (χ1) is 10.1. The average Bonchev–Trinajstić information content (AvgIpc) is 2.49. The molecule has 1 saturated heterocycles. The number of alkyl halides is 1. The Bertz CT molecular complexity index is 492. The highest BCUT2D eigenvalue weighted by Gasteiger charge is 2.74. The SMILES string of the molecule is C[C@@]12OC(=O)[C@]1([C@@H](O)[C@@H]1C=CCCC1)NC=C[C@@H]2CCCl. The summed E-state index contributed by atoms with van der Waals surface area (Å²) in [6.45, 7) is 1.90. The molecule has 3 aliphatic rings. The zero-order valence-electron chi connectivity index (χ0n) is 12.2. The van der Waals surface area contributed by atoms with Crippen molar-refractivity contribution in [2.45, 2.75) is 49.9 Å². The van der Waals surface area contributed by atoms with E-state index in [1.165, 1.54) is 0 Å². The summed E-state index contributed by atoms with van der Waals surface area (Å²) in [6, 6.07) is 0. The van der Waals surface area contributed by atoms with Gasteiger partial charge in [-0.05, 0) is 38.8 Å². The van der Waals surface area contributed by atoms with Crippen LogP contribution in [0.5, 0.6) is 0 Å². The zero-order valence-corrected chi connectivity index (χ0v) is 13.0. The van der Waals surface area contributed by atoms with Crippen LogP contribution in [0.25, 0.3) is 0 Å². The van der Waals surface area contributed by atoms with Crippen molar-refractivity contribution in [2.24, 2.45) is 11.8 Å². The van der Waals surface area contributed by atoms with Gasteiger partial charge in [0, 0.05) is 17.7 Å². The van der Waals surface area contributed by atoms with Crippen LogP contribution in [0, 0.1) is 11.8 Å². The normalized spacial score (nSPS) is 42.5. The first-order valence-corrected chi connectivity index (χ1v) is 8.18. The quantitative estimate of drug-likeness (QED) is 0.474. The Morgan fingerprint density at radius 1 is 1.57 bits per heavy atom. The van der Waals surface area contributed by atoms with Crippen molar-refractivity contribution in [1.29, 1.82) is 0 Å². The fourth-order valence-corrected chi connectivity index (χ4v) is 4.21. The van der Waals surface area contributed by atoms with Gasteiger partial charge >= 0.3 is 5.97 Å². The van der Waals surface area contributed by atoms with Crippen LogP contribution in [0.2, 0.25) is 0 Å². The van der Waals surface area contributed by atoms with Gasteiger partial charge in [-0.3, -0.25) is 0 Å². The minimum Gasteiger partial charge on any atom is -0.454 e. The maximum atomic E-state index is 12.3. The van der Waals surface area contributed by atoms with Gasteiger partial charge in [0.15, 0.2) is 5.60 Å². The number of halogens is 1. The summed E-state index contributed by atoms with van der Waals surface area (Å²) in [5.74, 6) is 0.149. The molecule has 4 nitrogen and oxygen atoms in total. The van der Waals surface area contributed by atoms with Crippen molar-refractivity contribution in [3.63, 3.8) is 0 Å². The van der Waals surface area contributed by atoms with E-state index in [9.17, 15) is 9.90 Å². The third-order valence-electron chi connectivity index (χ3n) is 5.32. The lowest BCUT2D eigenvalue weighted by atomic mass is 9.60. The topological polar surface area (TPSA) is 58.6 Å². The lowest BCUT2D eigenvalue weighted by molar-refractivity contribution is -0.252.